The third kappa shape index (κ3) is 3.95. The molecule has 0 saturated heterocycles. The Morgan fingerprint density at radius 2 is 2.10 bits per heavy atom. The van der Waals surface area contributed by atoms with E-state index < -0.39 is 0 Å². The zero-order valence-corrected chi connectivity index (χ0v) is 12.9. The molecule has 1 heterocycles. The SMILES string of the molecule is COc1ccc(CCN)c(OCc2ccc(Br)cn2)c1. The fourth-order valence-electron chi connectivity index (χ4n) is 1.80. The molecule has 2 N–H and O–H groups in total. The second-order valence-electron chi connectivity index (χ2n) is 4.27. The summed E-state index contributed by atoms with van der Waals surface area (Å²) in [5, 5.41) is 0. The van der Waals surface area contributed by atoms with E-state index in [0.717, 1.165) is 33.6 Å². The van der Waals surface area contributed by atoms with Crippen LogP contribution in [0.25, 0.3) is 0 Å². The van der Waals surface area contributed by atoms with E-state index >= 15 is 0 Å². The molecule has 4 nitrogen and oxygen atoms in total. The highest BCUT2D eigenvalue weighted by Crippen LogP contribution is 2.26. The van der Waals surface area contributed by atoms with Gasteiger partial charge in [0.15, 0.2) is 0 Å². The Balaban J connectivity index is 2.12. The maximum Gasteiger partial charge on any atom is 0.130 e. The van der Waals surface area contributed by atoms with E-state index in [1.165, 1.54) is 0 Å². The molecule has 1 aromatic heterocycles. The van der Waals surface area contributed by atoms with Crippen molar-refractivity contribution in [3.05, 3.63) is 52.3 Å². The van der Waals surface area contributed by atoms with Crippen LogP contribution >= 0.6 is 15.9 Å². The quantitative estimate of drug-likeness (QED) is 0.881. The maximum absolute atomic E-state index is 5.84. The summed E-state index contributed by atoms with van der Waals surface area (Å²) in [5.41, 5.74) is 7.56. The van der Waals surface area contributed by atoms with Gasteiger partial charge in [0.05, 0.1) is 12.8 Å². The number of nitrogens with zero attached hydrogens (tertiary/aromatic N) is 1. The Morgan fingerprint density at radius 1 is 1.25 bits per heavy atom. The van der Waals surface area contributed by atoms with E-state index in [1.807, 2.05) is 30.3 Å². The molecule has 0 radical (unpaired) electrons. The standard InChI is InChI=1S/C15H17BrN2O2/c1-19-14-5-2-11(6-7-17)15(8-14)20-10-13-4-3-12(16)9-18-13/h2-5,8-9H,6-7,10,17H2,1H3. The van der Waals surface area contributed by atoms with Crippen LogP contribution in [0.2, 0.25) is 0 Å². The molecule has 0 bridgehead atoms. The van der Waals surface area contributed by atoms with Gasteiger partial charge < -0.3 is 15.2 Å². The molecule has 0 aliphatic carbocycles. The topological polar surface area (TPSA) is 57.4 Å². The molecular weight excluding hydrogens is 320 g/mol. The van der Waals surface area contributed by atoms with Crippen LogP contribution in [0, 0.1) is 0 Å². The maximum atomic E-state index is 5.84. The van der Waals surface area contributed by atoms with Crippen LogP contribution in [0.1, 0.15) is 11.3 Å². The van der Waals surface area contributed by atoms with Crippen LogP contribution < -0.4 is 15.2 Å². The highest BCUT2D eigenvalue weighted by Gasteiger charge is 2.06. The second kappa shape index (κ2) is 7.26. The van der Waals surface area contributed by atoms with Crippen LogP contribution in [0.5, 0.6) is 11.5 Å². The molecule has 0 spiro atoms. The first-order valence-electron chi connectivity index (χ1n) is 6.33. The molecular formula is C15H17BrN2O2. The monoisotopic (exact) mass is 336 g/mol. The van der Waals surface area contributed by atoms with Crippen LogP contribution in [0.4, 0.5) is 0 Å². The Hall–Kier alpha value is -1.59. The van der Waals surface area contributed by atoms with Gasteiger partial charge in [-0.15, -0.1) is 0 Å². The van der Waals surface area contributed by atoms with Crippen LogP contribution in [0.15, 0.2) is 41.0 Å². The van der Waals surface area contributed by atoms with Gasteiger partial charge in [0.1, 0.15) is 18.1 Å². The molecule has 0 aliphatic heterocycles. The van der Waals surface area contributed by atoms with Gasteiger partial charge in [-0.3, -0.25) is 4.98 Å². The Labute approximate surface area is 127 Å². The highest BCUT2D eigenvalue weighted by atomic mass is 79.9. The lowest BCUT2D eigenvalue weighted by molar-refractivity contribution is 0.295. The minimum Gasteiger partial charge on any atom is -0.497 e. The van der Waals surface area contributed by atoms with Crippen molar-refractivity contribution in [1.29, 1.82) is 0 Å². The fraction of sp³-hybridized carbons (Fsp3) is 0.267. The minimum absolute atomic E-state index is 0.415. The van der Waals surface area contributed by atoms with E-state index in [1.54, 1.807) is 13.3 Å². The second-order valence-corrected chi connectivity index (χ2v) is 5.18. The summed E-state index contributed by atoms with van der Waals surface area (Å²) in [4.78, 5) is 4.28. The molecule has 20 heavy (non-hydrogen) atoms. The number of hydrogen-bond acceptors (Lipinski definition) is 4. The molecule has 0 aliphatic rings. The molecule has 0 unspecified atom stereocenters. The van der Waals surface area contributed by atoms with Crippen molar-refractivity contribution >= 4 is 15.9 Å². The molecule has 0 atom stereocenters. The number of ether oxygens (including phenoxy) is 2. The van der Waals surface area contributed by atoms with Gasteiger partial charge in [0.25, 0.3) is 0 Å². The Kier molecular flexibility index (Phi) is 5.38. The molecule has 2 aromatic rings. The van der Waals surface area contributed by atoms with Crippen molar-refractivity contribution in [3.8, 4) is 11.5 Å². The molecule has 5 heteroatoms. The third-order valence-electron chi connectivity index (χ3n) is 2.85. The largest absolute Gasteiger partial charge is 0.497 e. The first-order valence-corrected chi connectivity index (χ1v) is 7.12. The molecule has 1 aromatic carbocycles. The van der Waals surface area contributed by atoms with E-state index in [2.05, 4.69) is 20.9 Å². The molecule has 2 rings (SSSR count). The number of nitrogens with two attached hydrogens (primary N) is 1. The van der Waals surface area contributed by atoms with Gasteiger partial charge in [-0.1, -0.05) is 6.07 Å². The first kappa shape index (κ1) is 14.8. The summed E-state index contributed by atoms with van der Waals surface area (Å²) >= 11 is 3.36. The summed E-state index contributed by atoms with van der Waals surface area (Å²) < 4.78 is 12.0. The molecule has 0 amide bonds. The number of benzene rings is 1. The number of aromatic nitrogens is 1. The van der Waals surface area contributed by atoms with Crippen molar-refractivity contribution in [2.75, 3.05) is 13.7 Å². The molecule has 0 saturated carbocycles. The first-order chi connectivity index (χ1) is 9.72. The number of pyridine rings is 1. The lowest BCUT2D eigenvalue weighted by Crippen LogP contribution is -2.06. The van der Waals surface area contributed by atoms with Crippen LogP contribution in [0.3, 0.4) is 0 Å². The number of methoxy groups -OCH3 is 1. The van der Waals surface area contributed by atoms with Crippen molar-refractivity contribution < 1.29 is 9.47 Å². The van der Waals surface area contributed by atoms with Crippen molar-refractivity contribution in [2.45, 2.75) is 13.0 Å². The van der Waals surface area contributed by atoms with Crippen molar-refractivity contribution in [1.82, 2.24) is 4.98 Å². The fourth-order valence-corrected chi connectivity index (χ4v) is 2.04. The van der Waals surface area contributed by atoms with Gasteiger partial charge >= 0.3 is 0 Å². The predicted octanol–water partition coefficient (Wildman–Crippen LogP) is 2.93. The van der Waals surface area contributed by atoms with E-state index in [4.69, 9.17) is 15.2 Å². The number of rotatable bonds is 6. The summed E-state index contributed by atoms with van der Waals surface area (Å²) in [6.07, 6.45) is 2.53. The van der Waals surface area contributed by atoms with Crippen molar-refractivity contribution in [2.24, 2.45) is 5.73 Å². The van der Waals surface area contributed by atoms with Crippen LogP contribution in [-0.4, -0.2) is 18.6 Å². The summed E-state index contributed by atoms with van der Waals surface area (Å²) in [7, 11) is 1.64. The normalized spacial score (nSPS) is 10.3. The van der Waals surface area contributed by atoms with Gasteiger partial charge in [-0.05, 0) is 52.7 Å². The van der Waals surface area contributed by atoms with E-state index in [0.29, 0.717) is 13.2 Å². The summed E-state index contributed by atoms with van der Waals surface area (Å²) in [6.45, 7) is 0.997. The summed E-state index contributed by atoms with van der Waals surface area (Å²) in [6, 6.07) is 9.64. The minimum atomic E-state index is 0.415. The lowest BCUT2D eigenvalue weighted by atomic mass is 10.1. The highest BCUT2D eigenvalue weighted by molar-refractivity contribution is 9.10. The van der Waals surface area contributed by atoms with Gasteiger partial charge in [-0.2, -0.15) is 0 Å². The van der Waals surface area contributed by atoms with Gasteiger partial charge in [0.2, 0.25) is 0 Å². The summed E-state index contributed by atoms with van der Waals surface area (Å²) in [5.74, 6) is 1.56. The third-order valence-corrected chi connectivity index (χ3v) is 3.32. The van der Waals surface area contributed by atoms with Crippen LogP contribution in [-0.2, 0) is 13.0 Å². The average molecular weight is 337 g/mol. The average Bonchev–Trinajstić information content (AvgIpc) is 2.48. The smallest absolute Gasteiger partial charge is 0.130 e. The zero-order chi connectivity index (χ0) is 14.4. The predicted molar refractivity (Wildman–Crippen MR) is 82.0 cm³/mol. The Morgan fingerprint density at radius 3 is 2.75 bits per heavy atom. The number of halogens is 1. The number of hydrogen-bond donors (Lipinski definition) is 1. The van der Waals surface area contributed by atoms with Crippen molar-refractivity contribution in [3.63, 3.8) is 0 Å². The van der Waals surface area contributed by atoms with Gasteiger partial charge in [-0.25, -0.2) is 0 Å². The van der Waals surface area contributed by atoms with E-state index in [9.17, 15) is 0 Å². The Bertz CT molecular complexity index is 558. The lowest BCUT2D eigenvalue weighted by Gasteiger charge is -2.12. The van der Waals surface area contributed by atoms with Gasteiger partial charge in [0, 0.05) is 16.7 Å². The molecule has 0 fully saturated rings. The van der Waals surface area contributed by atoms with E-state index in [-0.39, 0.29) is 0 Å². The zero-order valence-electron chi connectivity index (χ0n) is 11.3. The molecule has 106 valence electrons.